The number of thiophene rings is 1. The fraction of sp³-hybridized carbons (Fsp3) is 0.636. The molecule has 84 valence electrons. The van der Waals surface area contributed by atoms with Crippen LogP contribution in [0.5, 0.6) is 0 Å². The van der Waals surface area contributed by atoms with Crippen molar-refractivity contribution in [1.82, 2.24) is 0 Å². The van der Waals surface area contributed by atoms with Gasteiger partial charge in [0.15, 0.2) is 0 Å². The summed E-state index contributed by atoms with van der Waals surface area (Å²) in [5.74, 6) is 0. The van der Waals surface area contributed by atoms with Gasteiger partial charge in [0.2, 0.25) is 0 Å². The number of hydrogen-bond donors (Lipinski definition) is 0. The fourth-order valence-corrected chi connectivity index (χ4v) is 4.05. The quantitative estimate of drug-likeness (QED) is 0.726. The van der Waals surface area contributed by atoms with Gasteiger partial charge >= 0.3 is 0 Å². The zero-order valence-corrected chi connectivity index (χ0v) is 11.8. The zero-order chi connectivity index (χ0) is 10.9. The van der Waals surface area contributed by atoms with E-state index in [0.29, 0.717) is 4.83 Å². The summed E-state index contributed by atoms with van der Waals surface area (Å²) in [6.07, 6.45) is 4.70. The molecular weight excluding hydrogens is 296 g/mol. The molecule has 1 aromatic heterocycles. The van der Waals surface area contributed by atoms with Gasteiger partial charge in [-0.2, -0.15) is 0 Å². The number of ether oxygens (including phenoxy) is 1. The van der Waals surface area contributed by atoms with Crippen LogP contribution in [0.3, 0.4) is 0 Å². The largest absolute Gasteiger partial charge is 0.378 e. The molecule has 1 aliphatic carbocycles. The van der Waals surface area contributed by atoms with Crippen LogP contribution in [0.4, 0.5) is 0 Å². The van der Waals surface area contributed by atoms with Crippen molar-refractivity contribution in [3.05, 3.63) is 21.3 Å². The lowest BCUT2D eigenvalue weighted by Crippen LogP contribution is -2.39. The third-order valence-electron chi connectivity index (χ3n) is 3.15. The monoisotopic (exact) mass is 308 g/mol. The van der Waals surface area contributed by atoms with E-state index in [1.54, 1.807) is 11.3 Å². The third-order valence-corrected chi connectivity index (χ3v) is 5.62. The maximum atomic E-state index is 5.92. The maximum Gasteiger partial charge on any atom is 0.0931 e. The predicted molar refractivity (Wildman–Crippen MR) is 69.2 cm³/mol. The molecule has 0 bridgehead atoms. The van der Waals surface area contributed by atoms with Crippen LogP contribution in [0.2, 0.25) is 4.34 Å². The van der Waals surface area contributed by atoms with E-state index in [9.17, 15) is 0 Å². The highest BCUT2D eigenvalue weighted by Crippen LogP contribution is 2.46. The highest BCUT2D eigenvalue weighted by molar-refractivity contribution is 9.09. The van der Waals surface area contributed by atoms with Gasteiger partial charge in [-0.25, -0.2) is 0 Å². The van der Waals surface area contributed by atoms with Crippen molar-refractivity contribution in [2.75, 3.05) is 7.11 Å². The molecule has 0 aliphatic heterocycles. The lowest BCUT2D eigenvalue weighted by Gasteiger charge is -2.41. The first-order valence-corrected chi connectivity index (χ1v) is 7.21. The van der Waals surface area contributed by atoms with Crippen LogP contribution < -0.4 is 0 Å². The second kappa shape index (κ2) is 4.74. The summed E-state index contributed by atoms with van der Waals surface area (Å²) in [5, 5.41) is 0. The van der Waals surface area contributed by atoms with Gasteiger partial charge in [0.1, 0.15) is 0 Å². The van der Waals surface area contributed by atoms with Crippen molar-refractivity contribution in [3.8, 4) is 0 Å². The fourth-order valence-electron chi connectivity index (χ4n) is 1.99. The van der Waals surface area contributed by atoms with Gasteiger partial charge < -0.3 is 4.74 Å². The summed E-state index contributed by atoms with van der Waals surface area (Å²) in [4.78, 5) is 1.67. The zero-order valence-electron chi connectivity index (χ0n) is 8.63. The Morgan fingerprint density at radius 3 is 2.73 bits per heavy atom. The van der Waals surface area contributed by atoms with E-state index in [-0.39, 0.29) is 5.60 Å². The molecule has 0 aromatic carbocycles. The molecule has 1 atom stereocenters. The molecule has 15 heavy (non-hydrogen) atoms. The van der Waals surface area contributed by atoms with E-state index in [2.05, 4.69) is 22.0 Å². The van der Waals surface area contributed by atoms with E-state index >= 15 is 0 Å². The lowest BCUT2D eigenvalue weighted by molar-refractivity contribution is -0.0772. The number of rotatable bonds is 4. The first-order chi connectivity index (χ1) is 7.15. The summed E-state index contributed by atoms with van der Waals surface area (Å²) in [6.45, 7) is 0. The van der Waals surface area contributed by atoms with E-state index in [0.717, 1.165) is 10.8 Å². The Morgan fingerprint density at radius 1 is 1.60 bits per heavy atom. The Kier molecular flexibility index (Phi) is 3.76. The molecular formula is C11H14BrClOS. The molecule has 4 heteroatoms. The molecule has 0 radical (unpaired) electrons. The molecule has 1 fully saturated rings. The minimum absolute atomic E-state index is 0.116. The van der Waals surface area contributed by atoms with Crippen LogP contribution in [0.25, 0.3) is 0 Å². The van der Waals surface area contributed by atoms with Gasteiger partial charge in [-0.05, 0) is 37.8 Å². The standard InChI is InChI=1S/C11H14BrClOS/c1-14-11(5-2-6-11)7-8(12)9-3-4-10(13)15-9/h3-4,8H,2,5-7H2,1H3. The van der Waals surface area contributed by atoms with E-state index in [1.165, 1.54) is 24.1 Å². The number of alkyl halides is 1. The average molecular weight is 310 g/mol. The van der Waals surface area contributed by atoms with Crippen molar-refractivity contribution < 1.29 is 4.74 Å². The van der Waals surface area contributed by atoms with Crippen LogP contribution in [0, 0.1) is 0 Å². The normalized spacial score (nSPS) is 21.0. The topological polar surface area (TPSA) is 9.23 Å². The van der Waals surface area contributed by atoms with E-state index in [1.807, 2.05) is 13.2 Å². The Labute approximate surface area is 108 Å². The molecule has 1 aromatic rings. The highest BCUT2D eigenvalue weighted by atomic mass is 79.9. The smallest absolute Gasteiger partial charge is 0.0931 e. The highest BCUT2D eigenvalue weighted by Gasteiger charge is 2.38. The molecule has 0 saturated heterocycles. The Bertz CT molecular complexity index is 330. The summed E-state index contributed by atoms with van der Waals surface area (Å²) < 4.78 is 6.47. The molecule has 1 saturated carbocycles. The van der Waals surface area contributed by atoms with Crippen LogP contribution in [-0.2, 0) is 4.74 Å². The summed E-state index contributed by atoms with van der Waals surface area (Å²) in [6, 6.07) is 4.05. The summed E-state index contributed by atoms with van der Waals surface area (Å²) in [5.41, 5.74) is 0.116. The number of hydrogen-bond acceptors (Lipinski definition) is 2. The first kappa shape index (κ1) is 11.9. The van der Waals surface area contributed by atoms with Crippen molar-refractivity contribution in [1.29, 1.82) is 0 Å². The van der Waals surface area contributed by atoms with Crippen LogP contribution in [0.1, 0.15) is 35.4 Å². The SMILES string of the molecule is COC1(CC(Br)c2ccc(Cl)s2)CCC1. The molecule has 0 N–H and O–H groups in total. The Morgan fingerprint density at radius 2 is 2.33 bits per heavy atom. The third kappa shape index (κ3) is 2.57. The van der Waals surface area contributed by atoms with E-state index < -0.39 is 0 Å². The van der Waals surface area contributed by atoms with Gasteiger partial charge in [-0.1, -0.05) is 27.5 Å². The van der Waals surface area contributed by atoms with Crippen LogP contribution >= 0.6 is 38.9 Å². The number of methoxy groups -OCH3 is 1. The van der Waals surface area contributed by atoms with Crippen LogP contribution in [0.15, 0.2) is 12.1 Å². The van der Waals surface area contributed by atoms with Gasteiger partial charge in [0, 0.05) is 12.0 Å². The average Bonchev–Trinajstić information content (AvgIpc) is 2.58. The second-order valence-corrected chi connectivity index (χ2v) is 6.91. The van der Waals surface area contributed by atoms with Crippen molar-refractivity contribution in [2.45, 2.75) is 36.1 Å². The minimum Gasteiger partial charge on any atom is -0.378 e. The second-order valence-electron chi connectivity index (χ2n) is 4.05. The van der Waals surface area contributed by atoms with Crippen LogP contribution in [-0.4, -0.2) is 12.7 Å². The molecule has 1 unspecified atom stereocenters. The lowest BCUT2D eigenvalue weighted by atomic mass is 9.76. The van der Waals surface area contributed by atoms with Gasteiger partial charge in [0.05, 0.1) is 14.8 Å². The van der Waals surface area contributed by atoms with E-state index in [4.69, 9.17) is 16.3 Å². The van der Waals surface area contributed by atoms with Gasteiger partial charge in [-0.3, -0.25) is 0 Å². The molecule has 1 aliphatic rings. The molecule has 0 spiro atoms. The van der Waals surface area contributed by atoms with Gasteiger partial charge in [-0.15, -0.1) is 11.3 Å². The van der Waals surface area contributed by atoms with Gasteiger partial charge in [0.25, 0.3) is 0 Å². The molecule has 0 amide bonds. The first-order valence-electron chi connectivity index (χ1n) is 5.10. The minimum atomic E-state index is 0.116. The molecule has 1 nitrogen and oxygen atoms in total. The van der Waals surface area contributed by atoms with Crippen molar-refractivity contribution >= 4 is 38.9 Å². The molecule has 1 heterocycles. The number of halogens is 2. The summed E-state index contributed by atoms with van der Waals surface area (Å²) in [7, 11) is 1.82. The van der Waals surface area contributed by atoms with Crippen molar-refractivity contribution in [3.63, 3.8) is 0 Å². The van der Waals surface area contributed by atoms with Crippen molar-refractivity contribution in [2.24, 2.45) is 0 Å². The Balaban J connectivity index is 1.99. The Hall–Kier alpha value is 0.430. The maximum absolute atomic E-state index is 5.92. The molecule has 2 rings (SSSR count). The summed E-state index contributed by atoms with van der Waals surface area (Å²) >= 11 is 11.3. The predicted octanol–water partition coefficient (Wildman–Crippen LogP) is 4.80.